The quantitative estimate of drug-likeness (QED) is 0.412. The van der Waals surface area contributed by atoms with Gasteiger partial charge in [0.2, 0.25) is 0 Å². The Bertz CT molecular complexity index is 1370. The lowest BCUT2D eigenvalue weighted by Gasteiger charge is -2.09. The number of pyridine rings is 2. The van der Waals surface area contributed by atoms with Gasteiger partial charge < -0.3 is 10.1 Å². The Balaban J connectivity index is 1.27. The van der Waals surface area contributed by atoms with E-state index in [2.05, 4.69) is 20.3 Å². The molecule has 1 amide bonds. The summed E-state index contributed by atoms with van der Waals surface area (Å²) in [4.78, 5) is 25.1. The first-order valence-corrected chi connectivity index (χ1v) is 10.5. The summed E-state index contributed by atoms with van der Waals surface area (Å²) >= 11 is 0. The van der Waals surface area contributed by atoms with Gasteiger partial charge in [-0.2, -0.15) is 0 Å². The second kappa shape index (κ2) is 9.32. The van der Waals surface area contributed by atoms with Gasteiger partial charge in [-0.1, -0.05) is 6.07 Å². The van der Waals surface area contributed by atoms with E-state index in [1.54, 1.807) is 37.2 Å². The lowest BCUT2D eigenvalue weighted by molar-refractivity contribution is 0.0951. The molecule has 5 aromatic rings. The van der Waals surface area contributed by atoms with Crippen molar-refractivity contribution in [1.29, 1.82) is 0 Å². The maximum atomic E-state index is 12.6. The number of carbonyl (C=O) groups is 1. The number of ether oxygens (including phenoxy) is 1. The molecule has 0 spiro atoms. The normalized spacial score (nSPS) is 10.8. The molecule has 162 valence electrons. The van der Waals surface area contributed by atoms with Gasteiger partial charge in [-0.25, -0.2) is 4.98 Å². The van der Waals surface area contributed by atoms with Crippen molar-refractivity contribution in [3.05, 3.63) is 115 Å². The fourth-order valence-corrected chi connectivity index (χ4v) is 3.50. The summed E-state index contributed by atoms with van der Waals surface area (Å²) in [6.07, 6.45) is 8.71. The second-order valence-corrected chi connectivity index (χ2v) is 7.50. The largest absolute Gasteiger partial charge is 0.489 e. The summed E-state index contributed by atoms with van der Waals surface area (Å²) < 4.78 is 7.83. The maximum absolute atomic E-state index is 12.6. The van der Waals surface area contributed by atoms with Crippen molar-refractivity contribution >= 4 is 16.9 Å². The summed E-state index contributed by atoms with van der Waals surface area (Å²) in [5.74, 6) is 0.638. The van der Waals surface area contributed by atoms with E-state index >= 15 is 0 Å². The molecular weight excluding hydrogens is 414 g/mol. The van der Waals surface area contributed by atoms with Crippen LogP contribution in [0.4, 0.5) is 0 Å². The third-order valence-electron chi connectivity index (χ3n) is 5.26. The van der Waals surface area contributed by atoms with Crippen molar-refractivity contribution in [3.63, 3.8) is 0 Å². The van der Waals surface area contributed by atoms with Crippen molar-refractivity contribution in [1.82, 2.24) is 24.8 Å². The third-order valence-corrected chi connectivity index (χ3v) is 5.26. The molecule has 2 aromatic carbocycles. The highest BCUT2D eigenvalue weighted by atomic mass is 16.5. The molecule has 33 heavy (non-hydrogen) atoms. The standard InChI is InChI=1S/C26H21N5O2/c32-26(29-16-20-2-1-11-28-15-20)21-3-8-25-24(14-21)30-18-31(25)22-4-6-23(7-5-22)33-17-19-9-12-27-13-10-19/h1-15,18H,16-17H2,(H,29,32). The number of rotatable bonds is 7. The minimum atomic E-state index is -0.147. The minimum absolute atomic E-state index is 0.147. The van der Waals surface area contributed by atoms with Crippen LogP contribution in [-0.4, -0.2) is 25.4 Å². The average molecular weight is 435 g/mol. The van der Waals surface area contributed by atoms with Crippen molar-refractivity contribution < 1.29 is 9.53 Å². The number of benzene rings is 2. The highest BCUT2D eigenvalue weighted by Crippen LogP contribution is 2.22. The molecule has 3 aromatic heterocycles. The van der Waals surface area contributed by atoms with Crippen molar-refractivity contribution in [3.8, 4) is 11.4 Å². The molecular formula is C26H21N5O2. The molecule has 0 unspecified atom stereocenters. The van der Waals surface area contributed by atoms with Crippen LogP contribution in [0.15, 0.2) is 97.8 Å². The number of fused-ring (bicyclic) bond motifs is 1. The zero-order valence-corrected chi connectivity index (χ0v) is 17.8. The summed E-state index contributed by atoms with van der Waals surface area (Å²) in [6, 6.07) is 21.0. The SMILES string of the molecule is O=C(NCc1cccnc1)c1ccc2c(c1)ncn2-c1ccc(OCc2ccncc2)cc1. The van der Waals surface area contributed by atoms with Crippen LogP contribution in [-0.2, 0) is 13.2 Å². The smallest absolute Gasteiger partial charge is 0.251 e. The first-order valence-electron chi connectivity index (χ1n) is 10.5. The number of carbonyl (C=O) groups excluding carboxylic acids is 1. The Kier molecular flexibility index (Phi) is 5.75. The number of aromatic nitrogens is 4. The molecule has 0 saturated heterocycles. The molecule has 7 heteroatoms. The zero-order valence-electron chi connectivity index (χ0n) is 17.8. The van der Waals surface area contributed by atoms with E-state index < -0.39 is 0 Å². The van der Waals surface area contributed by atoms with Gasteiger partial charge in [-0.15, -0.1) is 0 Å². The second-order valence-electron chi connectivity index (χ2n) is 7.50. The number of amides is 1. The lowest BCUT2D eigenvalue weighted by Crippen LogP contribution is -2.22. The van der Waals surface area contributed by atoms with E-state index in [4.69, 9.17) is 4.74 Å². The predicted molar refractivity (Wildman–Crippen MR) is 125 cm³/mol. The molecule has 3 heterocycles. The summed E-state index contributed by atoms with van der Waals surface area (Å²) in [5.41, 5.74) is 5.21. The van der Waals surface area contributed by atoms with Crippen molar-refractivity contribution in [2.24, 2.45) is 0 Å². The third kappa shape index (κ3) is 4.72. The van der Waals surface area contributed by atoms with Gasteiger partial charge in [0.1, 0.15) is 18.7 Å². The Morgan fingerprint density at radius 1 is 0.909 bits per heavy atom. The Morgan fingerprint density at radius 2 is 1.76 bits per heavy atom. The summed E-state index contributed by atoms with van der Waals surface area (Å²) in [6.45, 7) is 0.913. The van der Waals surface area contributed by atoms with E-state index in [1.165, 1.54) is 0 Å². The van der Waals surface area contributed by atoms with Gasteiger partial charge in [0.25, 0.3) is 5.91 Å². The van der Waals surface area contributed by atoms with E-state index in [1.807, 2.05) is 65.2 Å². The van der Waals surface area contributed by atoms with Gasteiger partial charge in [0.15, 0.2) is 0 Å². The maximum Gasteiger partial charge on any atom is 0.251 e. The van der Waals surface area contributed by atoms with Crippen LogP contribution in [0, 0.1) is 0 Å². The molecule has 0 saturated carbocycles. The van der Waals surface area contributed by atoms with Crippen LogP contribution >= 0.6 is 0 Å². The van der Waals surface area contributed by atoms with Gasteiger partial charge in [-0.05, 0) is 71.8 Å². The van der Waals surface area contributed by atoms with Gasteiger partial charge in [0.05, 0.1) is 11.0 Å². The monoisotopic (exact) mass is 435 g/mol. The predicted octanol–water partition coefficient (Wildman–Crippen LogP) is 4.32. The molecule has 0 fully saturated rings. The Hall–Kier alpha value is -4.52. The molecule has 0 aliphatic carbocycles. The highest BCUT2D eigenvalue weighted by Gasteiger charge is 2.10. The molecule has 0 bridgehead atoms. The zero-order chi connectivity index (χ0) is 22.5. The van der Waals surface area contributed by atoms with Crippen LogP contribution in [0.2, 0.25) is 0 Å². The number of nitrogens with zero attached hydrogens (tertiary/aromatic N) is 4. The van der Waals surface area contributed by atoms with Crippen molar-refractivity contribution in [2.45, 2.75) is 13.2 Å². The molecule has 0 atom stereocenters. The fraction of sp³-hybridized carbons (Fsp3) is 0.0769. The van der Waals surface area contributed by atoms with Crippen LogP contribution in [0.5, 0.6) is 5.75 Å². The van der Waals surface area contributed by atoms with E-state index in [0.29, 0.717) is 18.7 Å². The highest BCUT2D eigenvalue weighted by molar-refractivity contribution is 5.97. The minimum Gasteiger partial charge on any atom is -0.489 e. The number of hydrogen-bond donors (Lipinski definition) is 1. The fourth-order valence-electron chi connectivity index (χ4n) is 3.50. The topological polar surface area (TPSA) is 81.9 Å². The van der Waals surface area contributed by atoms with Gasteiger partial charge >= 0.3 is 0 Å². The average Bonchev–Trinajstić information content (AvgIpc) is 3.31. The molecule has 5 rings (SSSR count). The molecule has 1 N–H and O–H groups in total. The molecule has 0 aliphatic rings. The first kappa shape index (κ1) is 20.4. The van der Waals surface area contributed by atoms with Crippen molar-refractivity contribution in [2.75, 3.05) is 0 Å². The summed E-state index contributed by atoms with van der Waals surface area (Å²) in [7, 11) is 0. The Morgan fingerprint density at radius 3 is 2.55 bits per heavy atom. The number of imidazole rings is 1. The van der Waals surface area contributed by atoms with Crippen LogP contribution in [0.25, 0.3) is 16.7 Å². The van der Waals surface area contributed by atoms with E-state index in [9.17, 15) is 4.79 Å². The summed E-state index contributed by atoms with van der Waals surface area (Å²) in [5, 5.41) is 2.92. The molecule has 0 aliphatic heterocycles. The lowest BCUT2D eigenvalue weighted by atomic mass is 10.1. The van der Waals surface area contributed by atoms with Crippen LogP contribution in [0.1, 0.15) is 21.5 Å². The Labute approximate surface area is 190 Å². The van der Waals surface area contributed by atoms with Gasteiger partial charge in [0, 0.05) is 42.6 Å². The number of nitrogens with one attached hydrogen (secondary N) is 1. The van der Waals surface area contributed by atoms with Crippen LogP contribution in [0.3, 0.4) is 0 Å². The van der Waals surface area contributed by atoms with Gasteiger partial charge in [-0.3, -0.25) is 19.3 Å². The van der Waals surface area contributed by atoms with E-state index in [-0.39, 0.29) is 5.91 Å². The first-order chi connectivity index (χ1) is 16.3. The molecule has 0 radical (unpaired) electrons. The van der Waals surface area contributed by atoms with E-state index in [0.717, 1.165) is 33.6 Å². The number of hydrogen-bond acceptors (Lipinski definition) is 5. The molecule has 7 nitrogen and oxygen atoms in total. The van der Waals surface area contributed by atoms with Crippen LogP contribution < -0.4 is 10.1 Å².